The maximum atomic E-state index is 10.8. The highest BCUT2D eigenvalue weighted by Crippen LogP contribution is 2.13. The number of carboxylic acids is 1. The van der Waals surface area contributed by atoms with Gasteiger partial charge in [-0.25, -0.2) is 0 Å². The molecule has 0 fully saturated rings. The Morgan fingerprint density at radius 3 is 2.35 bits per heavy atom. The smallest absolute Gasteiger partial charge is 0.307 e. The van der Waals surface area contributed by atoms with Gasteiger partial charge in [0.15, 0.2) is 0 Å². The average molecular weight is 239 g/mol. The summed E-state index contributed by atoms with van der Waals surface area (Å²) in [5.74, 6) is -0.414. The Morgan fingerprint density at radius 2 is 1.94 bits per heavy atom. The maximum absolute atomic E-state index is 10.8. The van der Waals surface area contributed by atoms with E-state index in [2.05, 4.69) is 18.5 Å². The molecular formula is C14H25NO2. The molecule has 1 atom stereocenters. The molecular weight excluding hydrogens is 214 g/mol. The van der Waals surface area contributed by atoms with Crippen LogP contribution in [0.2, 0.25) is 0 Å². The second kappa shape index (κ2) is 10.1. The summed E-state index contributed by atoms with van der Waals surface area (Å²) in [6.45, 7) is 10.8. The topological polar surface area (TPSA) is 49.3 Å². The number of carboxylic acid groups (broad SMARTS) is 1. The molecule has 1 unspecified atom stereocenters. The number of rotatable bonds is 11. The molecule has 0 spiro atoms. The number of carbonyl (C=O) groups is 1. The first-order chi connectivity index (χ1) is 8.15. The van der Waals surface area contributed by atoms with E-state index in [1.54, 1.807) is 0 Å². The van der Waals surface area contributed by atoms with Crippen LogP contribution in [0.15, 0.2) is 25.3 Å². The SMILES string of the molecule is C=CCC(CC=C)CCNCC(CC)C(=O)O. The monoisotopic (exact) mass is 239 g/mol. The van der Waals surface area contributed by atoms with Gasteiger partial charge < -0.3 is 10.4 Å². The molecule has 0 aliphatic rings. The molecule has 0 radical (unpaired) electrons. The minimum atomic E-state index is -0.714. The van der Waals surface area contributed by atoms with Gasteiger partial charge in [-0.3, -0.25) is 4.79 Å². The molecule has 0 aromatic heterocycles. The van der Waals surface area contributed by atoms with E-state index >= 15 is 0 Å². The summed E-state index contributed by atoms with van der Waals surface area (Å²) in [4.78, 5) is 10.8. The second-order valence-electron chi connectivity index (χ2n) is 4.35. The van der Waals surface area contributed by atoms with Crippen molar-refractivity contribution in [2.75, 3.05) is 13.1 Å². The summed E-state index contributed by atoms with van der Waals surface area (Å²) in [7, 11) is 0. The van der Waals surface area contributed by atoms with Crippen molar-refractivity contribution in [3.63, 3.8) is 0 Å². The summed E-state index contributed by atoms with van der Waals surface area (Å²) in [6.07, 6.45) is 7.55. The number of nitrogens with one attached hydrogen (secondary N) is 1. The summed E-state index contributed by atoms with van der Waals surface area (Å²) >= 11 is 0. The van der Waals surface area contributed by atoms with Gasteiger partial charge in [0.05, 0.1) is 5.92 Å². The van der Waals surface area contributed by atoms with E-state index in [-0.39, 0.29) is 5.92 Å². The van der Waals surface area contributed by atoms with Gasteiger partial charge in [-0.1, -0.05) is 19.1 Å². The molecule has 3 nitrogen and oxygen atoms in total. The number of hydrogen-bond donors (Lipinski definition) is 2. The zero-order chi connectivity index (χ0) is 13.1. The molecule has 2 N–H and O–H groups in total. The molecule has 0 saturated heterocycles. The van der Waals surface area contributed by atoms with Crippen LogP contribution in [-0.4, -0.2) is 24.2 Å². The Hall–Kier alpha value is -1.09. The number of hydrogen-bond acceptors (Lipinski definition) is 2. The van der Waals surface area contributed by atoms with Crippen LogP contribution in [0.5, 0.6) is 0 Å². The normalized spacial score (nSPS) is 12.4. The zero-order valence-corrected chi connectivity index (χ0v) is 10.8. The molecule has 0 aromatic rings. The molecule has 0 aromatic carbocycles. The summed E-state index contributed by atoms with van der Waals surface area (Å²) in [5, 5.41) is 12.1. The molecule has 3 heteroatoms. The number of aliphatic carboxylic acids is 1. The standard InChI is InChI=1S/C14H25NO2/c1-4-7-12(8-5-2)9-10-15-11-13(6-3)14(16)17/h4-5,12-13,15H,1-2,6-11H2,3H3,(H,16,17). The summed E-state index contributed by atoms with van der Waals surface area (Å²) in [6, 6.07) is 0. The first-order valence-electron chi connectivity index (χ1n) is 6.30. The molecule has 0 bridgehead atoms. The fourth-order valence-electron chi connectivity index (χ4n) is 1.79. The predicted octanol–water partition coefficient (Wildman–Crippen LogP) is 2.85. The quantitative estimate of drug-likeness (QED) is 0.430. The van der Waals surface area contributed by atoms with E-state index in [0.717, 1.165) is 25.8 Å². The predicted molar refractivity (Wildman–Crippen MR) is 72.0 cm³/mol. The third-order valence-electron chi connectivity index (χ3n) is 2.96. The van der Waals surface area contributed by atoms with Gasteiger partial charge in [0.1, 0.15) is 0 Å². The van der Waals surface area contributed by atoms with Gasteiger partial charge in [0.25, 0.3) is 0 Å². The molecule has 98 valence electrons. The van der Waals surface area contributed by atoms with Crippen molar-refractivity contribution >= 4 is 5.97 Å². The van der Waals surface area contributed by atoms with E-state index in [9.17, 15) is 4.79 Å². The molecule has 0 rings (SSSR count). The first kappa shape index (κ1) is 15.9. The Kier molecular flexibility index (Phi) is 9.44. The van der Waals surface area contributed by atoms with E-state index in [0.29, 0.717) is 18.9 Å². The largest absolute Gasteiger partial charge is 0.481 e. The van der Waals surface area contributed by atoms with Crippen molar-refractivity contribution in [3.05, 3.63) is 25.3 Å². The molecule has 0 amide bonds. The van der Waals surface area contributed by atoms with Crippen molar-refractivity contribution in [1.29, 1.82) is 0 Å². The lowest BCUT2D eigenvalue weighted by Gasteiger charge is -2.15. The van der Waals surface area contributed by atoms with E-state index in [1.807, 2.05) is 19.1 Å². The molecule has 0 saturated carbocycles. The molecule has 0 heterocycles. The highest BCUT2D eigenvalue weighted by Gasteiger charge is 2.14. The Labute approximate surface area is 105 Å². The van der Waals surface area contributed by atoms with Crippen LogP contribution in [0.4, 0.5) is 0 Å². The lowest BCUT2D eigenvalue weighted by Crippen LogP contribution is -2.29. The van der Waals surface area contributed by atoms with Crippen molar-refractivity contribution in [3.8, 4) is 0 Å². The van der Waals surface area contributed by atoms with E-state index in [4.69, 9.17) is 5.11 Å². The van der Waals surface area contributed by atoms with Crippen LogP contribution in [-0.2, 0) is 4.79 Å². The Morgan fingerprint density at radius 1 is 1.35 bits per heavy atom. The zero-order valence-electron chi connectivity index (χ0n) is 10.8. The highest BCUT2D eigenvalue weighted by molar-refractivity contribution is 5.70. The van der Waals surface area contributed by atoms with Gasteiger partial charge in [0, 0.05) is 6.54 Å². The minimum Gasteiger partial charge on any atom is -0.481 e. The van der Waals surface area contributed by atoms with Crippen LogP contribution < -0.4 is 5.32 Å². The van der Waals surface area contributed by atoms with E-state index in [1.165, 1.54) is 0 Å². The van der Waals surface area contributed by atoms with Crippen molar-refractivity contribution < 1.29 is 9.90 Å². The summed E-state index contributed by atoms with van der Waals surface area (Å²) in [5.41, 5.74) is 0. The van der Waals surface area contributed by atoms with Gasteiger partial charge in [0.2, 0.25) is 0 Å². The van der Waals surface area contributed by atoms with Gasteiger partial charge >= 0.3 is 5.97 Å². The van der Waals surface area contributed by atoms with Crippen molar-refractivity contribution in [1.82, 2.24) is 5.32 Å². The van der Waals surface area contributed by atoms with Crippen LogP contribution >= 0.6 is 0 Å². The maximum Gasteiger partial charge on any atom is 0.307 e. The third kappa shape index (κ3) is 7.75. The lowest BCUT2D eigenvalue weighted by molar-refractivity contribution is -0.141. The van der Waals surface area contributed by atoms with Crippen molar-refractivity contribution in [2.24, 2.45) is 11.8 Å². The minimum absolute atomic E-state index is 0.271. The van der Waals surface area contributed by atoms with Crippen LogP contribution in [0.25, 0.3) is 0 Å². The van der Waals surface area contributed by atoms with Gasteiger partial charge in [-0.15, -0.1) is 13.2 Å². The van der Waals surface area contributed by atoms with Crippen LogP contribution in [0.1, 0.15) is 32.6 Å². The van der Waals surface area contributed by atoms with Gasteiger partial charge in [-0.2, -0.15) is 0 Å². The fourth-order valence-corrected chi connectivity index (χ4v) is 1.79. The van der Waals surface area contributed by atoms with Gasteiger partial charge in [-0.05, 0) is 38.1 Å². The Balaban J connectivity index is 3.76. The van der Waals surface area contributed by atoms with Crippen molar-refractivity contribution in [2.45, 2.75) is 32.6 Å². The lowest BCUT2D eigenvalue weighted by atomic mass is 9.97. The fraction of sp³-hybridized carbons (Fsp3) is 0.643. The average Bonchev–Trinajstić information content (AvgIpc) is 2.29. The number of allylic oxidation sites excluding steroid dienone is 2. The van der Waals surface area contributed by atoms with Crippen LogP contribution in [0, 0.1) is 11.8 Å². The van der Waals surface area contributed by atoms with Crippen LogP contribution in [0.3, 0.4) is 0 Å². The van der Waals surface area contributed by atoms with E-state index < -0.39 is 5.97 Å². The highest BCUT2D eigenvalue weighted by atomic mass is 16.4. The first-order valence-corrected chi connectivity index (χ1v) is 6.30. The molecule has 0 aliphatic heterocycles. The molecule has 0 aliphatic carbocycles. The molecule has 17 heavy (non-hydrogen) atoms. The summed E-state index contributed by atoms with van der Waals surface area (Å²) < 4.78 is 0. The third-order valence-corrected chi connectivity index (χ3v) is 2.96. The Bertz CT molecular complexity index is 228. The second-order valence-corrected chi connectivity index (χ2v) is 4.35.